The number of aromatic nitrogens is 5. The van der Waals surface area contributed by atoms with E-state index in [-0.39, 0.29) is 12.0 Å². The Labute approximate surface area is 110 Å². The van der Waals surface area contributed by atoms with E-state index in [1.54, 1.807) is 11.7 Å². The first kappa shape index (κ1) is 13.1. The highest BCUT2D eigenvalue weighted by atomic mass is 16.5. The molecule has 1 N–H and O–H groups in total. The minimum absolute atomic E-state index is 0.162. The molecule has 0 spiro atoms. The number of nitrogens with one attached hydrogen (secondary N) is 1. The first-order valence-electron chi connectivity index (χ1n) is 5.71. The van der Waals surface area contributed by atoms with Crippen molar-refractivity contribution in [1.82, 2.24) is 24.7 Å². The molecular formula is C11H16N6O2. The lowest BCUT2D eigenvalue weighted by atomic mass is 10.3. The molecule has 8 nitrogen and oxygen atoms in total. The lowest BCUT2D eigenvalue weighted by Gasteiger charge is -2.07. The van der Waals surface area contributed by atoms with Crippen molar-refractivity contribution < 1.29 is 9.47 Å². The summed E-state index contributed by atoms with van der Waals surface area (Å²) in [7, 11) is 5.04. The summed E-state index contributed by atoms with van der Waals surface area (Å²) in [6.45, 7) is 3.77. The molecule has 0 unspecified atom stereocenters. The van der Waals surface area contributed by atoms with Crippen molar-refractivity contribution in [3.05, 3.63) is 11.4 Å². The molecule has 2 rings (SSSR count). The van der Waals surface area contributed by atoms with Crippen LogP contribution in [0.3, 0.4) is 0 Å². The van der Waals surface area contributed by atoms with E-state index in [2.05, 4.69) is 25.4 Å². The quantitative estimate of drug-likeness (QED) is 0.883. The molecule has 0 aliphatic heterocycles. The van der Waals surface area contributed by atoms with Crippen LogP contribution < -0.4 is 14.8 Å². The normalized spacial score (nSPS) is 10.4. The molecule has 0 aliphatic carbocycles. The van der Waals surface area contributed by atoms with Gasteiger partial charge in [0.05, 0.1) is 12.8 Å². The minimum atomic E-state index is 0.162. The van der Waals surface area contributed by atoms with Gasteiger partial charge in [0.25, 0.3) is 0 Å². The zero-order valence-electron chi connectivity index (χ0n) is 11.6. The van der Waals surface area contributed by atoms with Gasteiger partial charge in [0, 0.05) is 14.1 Å². The lowest BCUT2D eigenvalue weighted by Crippen LogP contribution is -2.03. The average Bonchev–Trinajstić information content (AvgIpc) is 2.65. The molecule has 8 heteroatoms. The third-order valence-corrected chi connectivity index (χ3v) is 2.64. The average molecular weight is 264 g/mol. The Morgan fingerprint density at radius 1 is 1.11 bits per heavy atom. The van der Waals surface area contributed by atoms with Crippen LogP contribution in [0.25, 0.3) is 0 Å². The molecule has 2 aromatic rings. The van der Waals surface area contributed by atoms with E-state index in [9.17, 15) is 0 Å². The molecule has 2 aromatic heterocycles. The fourth-order valence-electron chi connectivity index (χ4n) is 1.58. The maximum Gasteiger partial charge on any atom is 0.330 e. The van der Waals surface area contributed by atoms with Gasteiger partial charge >= 0.3 is 12.0 Å². The molecule has 2 heterocycles. The number of ether oxygens (including phenoxy) is 2. The summed E-state index contributed by atoms with van der Waals surface area (Å²) in [5.74, 6) is 1.01. The molecule has 0 radical (unpaired) electrons. The van der Waals surface area contributed by atoms with Crippen molar-refractivity contribution in [3.63, 3.8) is 0 Å². The number of hydrogen-bond donors (Lipinski definition) is 1. The summed E-state index contributed by atoms with van der Waals surface area (Å²) < 4.78 is 12.4. The van der Waals surface area contributed by atoms with Crippen molar-refractivity contribution in [1.29, 1.82) is 0 Å². The third kappa shape index (κ3) is 2.56. The van der Waals surface area contributed by atoms with E-state index in [0.717, 1.165) is 11.4 Å². The summed E-state index contributed by atoms with van der Waals surface area (Å²) in [4.78, 5) is 12.2. The molecule has 0 aliphatic rings. The summed E-state index contributed by atoms with van der Waals surface area (Å²) in [6.07, 6.45) is 0. The van der Waals surface area contributed by atoms with Crippen molar-refractivity contribution in [2.75, 3.05) is 19.5 Å². The lowest BCUT2D eigenvalue weighted by molar-refractivity contribution is 0.359. The molecule has 19 heavy (non-hydrogen) atoms. The molecule has 0 amide bonds. The van der Waals surface area contributed by atoms with Crippen molar-refractivity contribution in [3.8, 4) is 17.8 Å². The molecule has 102 valence electrons. The Bertz CT molecular complexity index is 573. The molecular weight excluding hydrogens is 248 g/mol. The highest BCUT2D eigenvalue weighted by Crippen LogP contribution is 2.26. The number of hydrogen-bond acceptors (Lipinski definition) is 7. The Hall–Kier alpha value is -2.38. The van der Waals surface area contributed by atoms with Crippen LogP contribution in [0.4, 0.5) is 5.95 Å². The van der Waals surface area contributed by atoms with Gasteiger partial charge in [-0.1, -0.05) is 0 Å². The zero-order chi connectivity index (χ0) is 14.0. The number of nitrogens with zero attached hydrogens (tertiary/aromatic N) is 5. The van der Waals surface area contributed by atoms with E-state index in [4.69, 9.17) is 9.47 Å². The fourth-order valence-corrected chi connectivity index (χ4v) is 1.58. The maximum atomic E-state index is 5.68. The van der Waals surface area contributed by atoms with Gasteiger partial charge in [-0.25, -0.2) is 0 Å². The molecule has 0 bridgehead atoms. The van der Waals surface area contributed by atoms with Crippen molar-refractivity contribution in [2.45, 2.75) is 13.8 Å². The fraction of sp³-hybridized carbons (Fsp3) is 0.455. The molecule has 0 saturated carbocycles. The van der Waals surface area contributed by atoms with Gasteiger partial charge in [0.2, 0.25) is 5.95 Å². The van der Waals surface area contributed by atoms with E-state index in [1.807, 2.05) is 20.9 Å². The van der Waals surface area contributed by atoms with E-state index >= 15 is 0 Å². The van der Waals surface area contributed by atoms with Crippen LogP contribution in [-0.4, -0.2) is 38.9 Å². The largest absolute Gasteiger partial charge is 0.467 e. The highest BCUT2D eigenvalue weighted by Gasteiger charge is 2.15. The summed E-state index contributed by atoms with van der Waals surface area (Å²) in [5.41, 5.74) is 1.66. The SMILES string of the molecule is CNc1nc(OC)nc(Oc2c(C)nn(C)c2C)n1. The first-order chi connectivity index (χ1) is 9.05. The van der Waals surface area contributed by atoms with Crippen LogP contribution in [0, 0.1) is 13.8 Å². The number of rotatable bonds is 4. The number of methoxy groups -OCH3 is 1. The number of aryl methyl sites for hydroxylation is 2. The van der Waals surface area contributed by atoms with Gasteiger partial charge < -0.3 is 14.8 Å². The Balaban J connectivity index is 2.37. The van der Waals surface area contributed by atoms with Crippen LogP contribution in [0.5, 0.6) is 17.8 Å². The van der Waals surface area contributed by atoms with Crippen LogP contribution in [-0.2, 0) is 7.05 Å². The van der Waals surface area contributed by atoms with Crippen LogP contribution in [0.1, 0.15) is 11.4 Å². The van der Waals surface area contributed by atoms with Gasteiger partial charge in [-0.05, 0) is 13.8 Å². The Kier molecular flexibility index (Phi) is 3.50. The second-order valence-electron chi connectivity index (χ2n) is 3.90. The minimum Gasteiger partial charge on any atom is -0.467 e. The Morgan fingerprint density at radius 3 is 2.32 bits per heavy atom. The zero-order valence-corrected chi connectivity index (χ0v) is 11.6. The standard InChI is InChI=1S/C11H16N6O2/c1-6-8(7(2)17(4)16-6)19-11-14-9(12-3)13-10(15-11)18-5/h1-5H3,(H,12,13,14,15). The van der Waals surface area contributed by atoms with Crippen LogP contribution >= 0.6 is 0 Å². The summed E-state index contributed by atoms with van der Waals surface area (Å²) in [6, 6.07) is 0.351. The number of anilines is 1. The second kappa shape index (κ2) is 5.09. The van der Waals surface area contributed by atoms with Gasteiger partial charge in [-0.2, -0.15) is 15.1 Å². The predicted octanol–water partition coefficient (Wildman–Crippen LogP) is 1.06. The van der Waals surface area contributed by atoms with Crippen LogP contribution in [0.2, 0.25) is 0 Å². The van der Waals surface area contributed by atoms with Crippen molar-refractivity contribution in [2.24, 2.45) is 7.05 Å². The third-order valence-electron chi connectivity index (χ3n) is 2.64. The highest BCUT2D eigenvalue weighted by molar-refractivity contribution is 5.35. The predicted molar refractivity (Wildman–Crippen MR) is 68.7 cm³/mol. The van der Waals surface area contributed by atoms with Gasteiger partial charge in [0.1, 0.15) is 5.69 Å². The summed E-state index contributed by atoms with van der Waals surface area (Å²) in [5, 5.41) is 7.08. The molecule has 0 atom stereocenters. The maximum absolute atomic E-state index is 5.68. The van der Waals surface area contributed by atoms with Gasteiger partial charge in [0.15, 0.2) is 5.75 Å². The Morgan fingerprint density at radius 2 is 1.79 bits per heavy atom. The van der Waals surface area contributed by atoms with E-state index in [1.165, 1.54) is 7.11 Å². The molecule has 0 aromatic carbocycles. The smallest absolute Gasteiger partial charge is 0.330 e. The topological polar surface area (TPSA) is 87.0 Å². The van der Waals surface area contributed by atoms with Crippen LogP contribution in [0.15, 0.2) is 0 Å². The van der Waals surface area contributed by atoms with E-state index < -0.39 is 0 Å². The second-order valence-corrected chi connectivity index (χ2v) is 3.90. The van der Waals surface area contributed by atoms with Gasteiger partial charge in [-0.15, -0.1) is 4.98 Å². The molecule has 0 saturated heterocycles. The monoisotopic (exact) mass is 264 g/mol. The summed E-state index contributed by atoms with van der Waals surface area (Å²) >= 11 is 0. The first-order valence-corrected chi connectivity index (χ1v) is 5.71. The van der Waals surface area contributed by atoms with Crippen molar-refractivity contribution >= 4 is 5.95 Å². The molecule has 0 fully saturated rings. The van der Waals surface area contributed by atoms with Gasteiger partial charge in [-0.3, -0.25) is 4.68 Å². The van der Waals surface area contributed by atoms with E-state index in [0.29, 0.717) is 11.7 Å².